The lowest BCUT2D eigenvalue weighted by atomic mass is 9.78. The second kappa shape index (κ2) is 6.28. The Bertz CT molecular complexity index is 739. The third-order valence-corrected chi connectivity index (χ3v) is 5.62. The van der Waals surface area contributed by atoms with Crippen molar-refractivity contribution in [2.24, 2.45) is 0 Å². The van der Waals surface area contributed by atoms with Crippen LogP contribution in [0.4, 0.5) is 0 Å². The van der Waals surface area contributed by atoms with Crippen molar-refractivity contribution in [3.8, 4) is 0 Å². The van der Waals surface area contributed by atoms with E-state index in [1.165, 1.54) is 37.9 Å². The Kier molecular flexibility index (Phi) is 4.51. The summed E-state index contributed by atoms with van der Waals surface area (Å²) < 4.78 is 1.20. The van der Waals surface area contributed by atoms with Crippen LogP contribution in [0.3, 0.4) is 0 Å². The molecule has 3 rings (SSSR count). The summed E-state index contributed by atoms with van der Waals surface area (Å²) in [5.74, 6) is 1.46. The van der Waals surface area contributed by atoms with Gasteiger partial charge in [0.2, 0.25) is 0 Å². The minimum Gasteiger partial charge on any atom is -0.0617 e. The van der Waals surface area contributed by atoms with E-state index in [-0.39, 0.29) is 0 Å². The van der Waals surface area contributed by atoms with Crippen LogP contribution in [0, 0.1) is 0 Å². The Morgan fingerprint density at radius 1 is 0.870 bits per heavy atom. The van der Waals surface area contributed by atoms with Gasteiger partial charge in [-0.3, -0.25) is 0 Å². The molecule has 1 atom stereocenters. The van der Waals surface area contributed by atoms with Crippen LogP contribution in [0.25, 0.3) is 6.08 Å². The molecule has 0 heterocycles. The highest BCUT2D eigenvalue weighted by atomic mass is 79.9. The number of hydrogen-bond acceptors (Lipinski definition) is 0. The SMILES string of the molecule is CC1=Cc2c(Br)cccc2C1c1c(C(C)C)cccc1C(C)C. The third kappa shape index (κ3) is 2.80. The van der Waals surface area contributed by atoms with Crippen LogP contribution in [-0.2, 0) is 0 Å². The van der Waals surface area contributed by atoms with Crippen molar-refractivity contribution in [3.05, 3.63) is 74.3 Å². The van der Waals surface area contributed by atoms with Crippen LogP contribution in [0.2, 0.25) is 0 Å². The molecule has 1 heteroatoms. The Balaban J connectivity index is 2.28. The maximum absolute atomic E-state index is 3.73. The quantitative estimate of drug-likeness (QED) is 0.535. The van der Waals surface area contributed by atoms with Crippen LogP contribution < -0.4 is 0 Å². The van der Waals surface area contributed by atoms with E-state index in [0.717, 1.165) is 0 Å². The van der Waals surface area contributed by atoms with E-state index >= 15 is 0 Å². The summed E-state index contributed by atoms with van der Waals surface area (Å²) in [7, 11) is 0. The largest absolute Gasteiger partial charge is 0.0617 e. The lowest BCUT2D eigenvalue weighted by Crippen LogP contribution is -2.10. The van der Waals surface area contributed by atoms with Crippen LogP contribution in [0.1, 0.15) is 80.2 Å². The molecule has 23 heavy (non-hydrogen) atoms. The maximum atomic E-state index is 3.73. The minimum absolute atomic E-state index is 0.388. The van der Waals surface area contributed by atoms with Gasteiger partial charge in [0, 0.05) is 10.4 Å². The van der Waals surface area contributed by atoms with Crippen molar-refractivity contribution < 1.29 is 0 Å². The second-order valence-corrected chi connectivity index (χ2v) is 8.08. The molecule has 0 nitrogen and oxygen atoms in total. The highest BCUT2D eigenvalue weighted by Crippen LogP contribution is 2.47. The summed E-state index contributed by atoms with van der Waals surface area (Å²) in [6.45, 7) is 11.5. The van der Waals surface area contributed by atoms with Crippen molar-refractivity contribution >= 4 is 22.0 Å². The Labute approximate surface area is 148 Å². The fourth-order valence-electron chi connectivity index (χ4n) is 3.84. The number of benzene rings is 2. The van der Waals surface area contributed by atoms with Crippen LogP contribution in [0.15, 0.2) is 46.4 Å². The summed E-state index contributed by atoms with van der Waals surface area (Å²) in [5, 5.41) is 0. The predicted octanol–water partition coefficient (Wildman–Crippen LogP) is 7.24. The fraction of sp³-hybridized carbons (Fsp3) is 0.364. The molecule has 0 saturated carbocycles. The zero-order valence-corrected chi connectivity index (χ0v) is 16.2. The molecule has 0 aliphatic heterocycles. The van der Waals surface area contributed by atoms with Crippen LogP contribution >= 0.6 is 15.9 Å². The fourth-order valence-corrected chi connectivity index (χ4v) is 4.34. The first-order valence-corrected chi connectivity index (χ1v) is 9.30. The zero-order chi connectivity index (χ0) is 16.7. The highest BCUT2D eigenvalue weighted by molar-refractivity contribution is 9.10. The summed E-state index contributed by atoms with van der Waals surface area (Å²) in [6.07, 6.45) is 2.35. The van der Waals surface area contributed by atoms with Crippen molar-refractivity contribution in [2.45, 2.75) is 52.4 Å². The average molecular weight is 369 g/mol. The van der Waals surface area contributed by atoms with Gasteiger partial charge in [-0.05, 0) is 52.6 Å². The molecule has 1 unspecified atom stereocenters. The monoisotopic (exact) mass is 368 g/mol. The smallest absolute Gasteiger partial charge is 0.0311 e. The average Bonchev–Trinajstić information content (AvgIpc) is 2.83. The summed E-state index contributed by atoms with van der Waals surface area (Å²) in [6, 6.07) is 13.4. The van der Waals surface area contributed by atoms with E-state index < -0.39 is 0 Å². The van der Waals surface area contributed by atoms with E-state index in [0.29, 0.717) is 17.8 Å². The topological polar surface area (TPSA) is 0 Å². The van der Waals surface area contributed by atoms with Crippen LogP contribution in [0.5, 0.6) is 0 Å². The molecule has 0 bridgehead atoms. The van der Waals surface area contributed by atoms with Gasteiger partial charge in [0.15, 0.2) is 0 Å². The van der Waals surface area contributed by atoms with Crippen LogP contribution in [-0.4, -0.2) is 0 Å². The molecule has 2 aromatic carbocycles. The lowest BCUT2D eigenvalue weighted by molar-refractivity contribution is 0.781. The van der Waals surface area contributed by atoms with Gasteiger partial charge in [-0.15, -0.1) is 0 Å². The molecule has 1 aliphatic carbocycles. The Morgan fingerprint density at radius 2 is 1.43 bits per heavy atom. The summed E-state index contributed by atoms with van der Waals surface area (Å²) in [5.41, 5.74) is 8.74. The van der Waals surface area contributed by atoms with E-state index in [1.807, 2.05) is 0 Å². The highest BCUT2D eigenvalue weighted by Gasteiger charge is 2.30. The molecule has 0 saturated heterocycles. The maximum Gasteiger partial charge on any atom is 0.0311 e. The normalized spacial score (nSPS) is 16.9. The van der Waals surface area contributed by atoms with Gasteiger partial charge in [0.1, 0.15) is 0 Å². The van der Waals surface area contributed by atoms with Crippen molar-refractivity contribution in [1.29, 1.82) is 0 Å². The van der Waals surface area contributed by atoms with Gasteiger partial charge in [-0.25, -0.2) is 0 Å². The second-order valence-electron chi connectivity index (χ2n) is 7.22. The first-order valence-electron chi connectivity index (χ1n) is 8.51. The summed E-state index contributed by atoms with van der Waals surface area (Å²) >= 11 is 3.73. The molecule has 0 amide bonds. The third-order valence-electron chi connectivity index (χ3n) is 4.93. The van der Waals surface area contributed by atoms with Gasteiger partial charge in [0.25, 0.3) is 0 Å². The van der Waals surface area contributed by atoms with Gasteiger partial charge in [-0.1, -0.05) is 85.6 Å². The van der Waals surface area contributed by atoms with Gasteiger partial charge in [-0.2, -0.15) is 0 Å². The Morgan fingerprint density at radius 3 is 2.00 bits per heavy atom. The van der Waals surface area contributed by atoms with E-state index in [4.69, 9.17) is 0 Å². The number of rotatable bonds is 3. The van der Waals surface area contributed by atoms with Gasteiger partial charge < -0.3 is 0 Å². The van der Waals surface area contributed by atoms with Gasteiger partial charge in [0.05, 0.1) is 0 Å². The predicted molar refractivity (Wildman–Crippen MR) is 104 cm³/mol. The van der Waals surface area contributed by atoms with Crippen molar-refractivity contribution in [2.75, 3.05) is 0 Å². The first kappa shape index (κ1) is 16.5. The number of fused-ring (bicyclic) bond motifs is 1. The molecule has 120 valence electrons. The minimum atomic E-state index is 0.388. The molecule has 0 aromatic heterocycles. The molecule has 1 aliphatic rings. The van der Waals surface area contributed by atoms with E-state index in [1.54, 1.807) is 0 Å². The molecule has 0 radical (unpaired) electrons. The molecule has 0 spiro atoms. The molecular weight excluding hydrogens is 344 g/mol. The van der Waals surface area contributed by atoms with E-state index in [2.05, 4.69) is 93.0 Å². The molecule has 0 N–H and O–H groups in total. The summed E-state index contributed by atoms with van der Waals surface area (Å²) in [4.78, 5) is 0. The van der Waals surface area contributed by atoms with Crippen molar-refractivity contribution in [3.63, 3.8) is 0 Å². The number of hydrogen-bond donors (Lipinski definition) is 0. The first-order chi connectivity index (χ1) is 10.9. The Hall–Kier alpha value is -1.34. The zero-order valence-electron chi connectivity index (χ0n) is 14.7. The van der Waals surface area contributed by atoms with Crippen molar-refractivity contribution in [1.82, 2.24) is 0 Å². The lowest BCUT2D eigenvalue weighted by Gasteiger charge is -2.26. The number of halogens is 1. The molecule has 2 aromatic rings. The van der Waals surface area contributed by atoms with E-state index in [9.17, 15) is 0 Å². The number of allylic oxidation sites excluding steroid dienone is 1. The standard InChI is InChI=1S/C22H25Br/c1-13(2)16-8-6-9-17(14(3)4)22(16)21-15(5)12-19-18(21)10-7-11-20(19)23/h6-14,21H,1-5H3. The van der Waals surface area contributed by atoms with Gasteiger partial charge >= 0.3 is 0 Å². The molecular formula is C22H25Br. The molecule has 0 fully saturated rings.